The fourth-order valence-electron chi connectivity index (χ4n) is 1.90. The van der Waals surface area contributed by atoms with Gasteiger partial charge in [-0.05, 0) is 18.1 Å². The fraction of sp³-hybridized carbons (Fsp3) is 0.385. The highest BCUT2D eigenvalue weighted by Gasteiger charge is 2.45. The summed E-state index contributed by atoms with van der Waals surface area (Å²) in [5, 5.41) is 0. The minimum absolute atomic E-state index is 0.0393. The lowest BCUT2D eigenvalue weighted by Gasteiger charge is -2.16. The predicted octanol–water partition coefficient (Wildman–Crippen LogP) is 2.03. The fourth-order valence-corrected chi connectivity index (χ4v) is 2.87. The maximum absolute atomic E-state index is 12.1. The first kappa shape index (κ1) is 15.7. The monoisotopic (exact) mass is 328 g/mol. The second-order valence-electron chi connectivity index (χ2n) is 5.01. The number of hydrogen-bond acceptors (Lipinski definition) is 5. The Hall–Kier alpha value is -1.73. The first-order valence-corrected chi connectivity index (χ1v) is 7.46. The summed E-state index contributed by atoms with van der Waals surface area (Å²) < 4.78 is 0.440. The molecule has 0 N–H and O–H groups in total. The van der Waals surface area contributed by atoms with Crippen molar-refractivity contribution in [1.29, 1.82) is 0 Å². The minimum Gasteiger partial charge on any atom is -0.291 e. The van der Waals surface area contributed by atoms with Crippen molar-refractivity contribution in [3.05, 3.63) is 21.3 Å². The molecule has 2 rings (SSSR count). The van der Waals surface area contributed by atoms with Gasteiger partial charge in [-0.3, -0.25) is 19.3 Å². The summed E-state index contributed by atoms with van der Waals surface area (Å²) in [5.74, 6) is -2.23. The van der Waals surface area contributed by atoms with Crippen LogP contribution in [0.3, 0.4) is 0 Å². The van der Waals surface area contributed by atoms with E-state index in [1.54, 1.807) is 6.07 Å². The molecule has 6 nitrogen and oxygen atoms in total. The Morgan fingerprint density at radius 1 is 1.19 bits per heavy atom. The molecule has 112 valence electrons. The Balaban J connectivity index is 2.13. The van der Waals surface area contributed by atoms with Crippen LogP contribution in [0.2, 0.25) is 4.34 Å². The molecule has 2 heterocycles. The molecule has 0 spiro atoms. The molecule has 8 heteroatoms. The molecule has 0 radical (unpaired) electrons. The van der Waals surface area contributed by atoms with Gasteiger partial charge in [0.15, 0.2) is 5.78 Å². The maximum atomic E-state index is 12.1. The van der Waals surface area contributed by atoms with E-state index in [4.69, 9.17) is 11.6 Å². The third-order valence-corrected chi connectivity index (χ3v) is 4.10. The Bertz CT molecular complexity index is 625. The van der Waals surface area contributed by atoms with E-state index in [1.165, 1.54) is 6.07 Å². The van der Waals surface area contributed by atoms with Gasteiger partial charge < -0.3 is 0 Å². The van der Waals surface area contributed by atoms with Crippen LogP contribution < -0.4 is 0 Å². The van der Waals surface area contributed by atoms with Crippen molar-refractivity contribution in [1.82, 2.24) is 9.80 Å². The van der Waals surface area contributed by atoms with Crippen molar-refractivity contribution >= 4 is 46.6 Å². The Kier molecular flexibility index (Phi) is 4.43. The number of halogens is 1. The number of imide groups is 2. The van der Waals surface area contributed by atoms with Crippen molar-refractivity contribution in [3.63, 3.8) is 0 Å². The third-order valence-electron chi connectivity index (χ3n) is 2.83. The molecule has 0 unspecified atom stereocenters. The van der Waals surface area contributed by atoms with Gasteiger partial charge in [0, 0.05) is 6.54 Å². The first-order valence-electron chi connectivity index (χ1n) is 6.27. The van der Waals surface area contributed by atoms with Gasteiger partial charge in [-0.2, -0.15) is 0 Å². The zero-order valence-electron chi connectivity index (χ0n) is 11.5. The van der Waals surface area contributed by atoms with Gasteiger partial charge in [0.25, 0.3) is 0 Å². The number of rotatable bonds is 5. The average molecular weight is 329 g/mol. The van der Waals surface area contributed by atoms with E-state index in [9.17, 15) is 19.2 Å². The second-order valence-corrected chi connectivity index (χ2v) is 6.73. The Labute approximate surface area is 130 Å². The molecule has 1 aliphatic rings. The van der Waals surface area contributed by atoms with E-state index in [-0.39, 0.29) is 12.5 Å². The zero-order valence-corrected chi connectivity index (χ0v) is 13.0. The quantitative estimate of drug-likeness (QED) is 0.471. The molecule has 1 fully saturated rings. The SMILES string of the molecule is CC(C)CN1C(=O)C(=O)N(CC(=O)c2ccc(Cl)s2)C1=O. The van der Waals surface area contributed by atoms with Crippen molar-refractivity contribution in [2.24, 2.45) is 5.92 Å². The molecule has 1 aromatic rings. The number of carbonyl (C=O) groups excluding carboxylic acids is 4. The lowest BCUT2D eigenvalue weighted by molar-refractivity contribution is -0.143. The molecule has 0 aliphatic carbocycles. The largest absolute Gasteiger partial charge is 0.334 e. The number of carbonyl (C=O) groups is 4. The van der Waals surface area contributed by atoms with Crippen molar-refractivity contribution in [2.75, 3.05) is 13.1 Å². The van der Waals surface area contributed by atoms with Crippen LogP contribution >= 0.6 is 22.9 Å². The summed E-state index contributed by atoms with van der Waals surface area (Å²) in [6.45, 7) is 3.35. The minimum atomic E-state index is -0.961. The van der Waals surface area contributed by atoms with E-state index < -0.39 is 30.2 Å². The summed E-state index contributed by atoms with van der Waals surface area (Å²) in [7, 11) is 0. The van der Waals surface area contributed by atoms with Crippen LogP contribution in [0.15, 0.2) is 12.1 Å². The molecular weight excluding hydrogens is 316 g/mol. The Morgan fingerprint density at radius 3 is 2.33 bits per heavy atom. The summed E-state index contributed by atoms with van der Waals surface area (Å²) >= 11 is 6.80. The number of ketones is 1. The van der Waals surface area contributed by atoms with Gasteiger partial charge in [0.1, 0.15) is 0 Å². The van der Waals surface area contributed by atoms with Crippen LogP contribution in [-0.2, 0) is 9.59 Å². The summed E-state index contributed by atoms with van der Waals surface area (Å²) in [5.41, 5.74) is 0. The number of Topliss-reactive ketones (excluding diaryl/α,β-unsaturated/α-hetero) is 1. The molecule has 0 saturated carbocycles. The first-order chi connectivity index (χ1) is 9.81. The second kappa shape index (κ2) is 5.95. The Morgan fingerprint density at radius 2 is 1.81 bits per heavy atom. The molecule has 4 amide bonds. The molecule has 21 heavy (non-hydrogen) atoms. The lowest BCUT2D eigenvalue weighted by atomic mass is 10.2. The van der Waals surface area contributed by atoms with Crippen molar-refractivity contribution < 1.29 is 19.2 Å². The van der Waals surface area contributed by atoms with E-state index in [1.807, 2.05) is 13.8 Å². The molecule has 0 bridgehead atoms. The molecule has 0 aromatic carbocycles. The van der Waals surface area contributed by atoms with Crippen LogP contribution in [0.1, 0.15) is 23.5 Å². The van der Waals surface area contributed by atoms with Crippen molar-refractivity contribution in [2.45, 2.75) is 13.8 Å². The van der Waals surface area contributed by atoms with E-state index in [0.29, 0.717) is 14.1 Å². The highest BCUT2D eigenvalue weighted by Crippen LogP contribution is 2.23. The number of urea groups is 1. The van der Waals surface area contributed by atoms with Crippen molar-refractivity contribution in [3.8, 4) is 0 Å². The normalized spacial score (nSPS) is 15.5. The van der Waals surface area contributed by atoms with Gasteiger partial charge in [-0.15, -0.1) is 11.3 Å². The summed E-state index contributed by atoms with van der Waals surface area (Å²) in [6.07, 6.45) is 0. The van der Waals surface area contributed by atoms with Crippen LogP contribution in [0.4, 0.5) is 4.79 Å². The average Bonchev–Trinajstić information content (AvgIpc) is 2.92. The van der Waals surface area contributed by atoms with Crippen LogP contribution in [0.25, 0.3) is 0 Å². The number of thiophene rings is 1. The maximum Gasteiger partial charge on any atom is 0.334 e. The highest BCUT2D eigenvalue weighted by atomic mass is 35.5. The number of amides is 4. The predicted molar refractivity (Wildman–Crippen MR) is 77.3 cm³/mol. The van der Waals surface area contributed by atoms with E-state index in [0.717, 1.165) is 16.2 Å². The van der Waals surface area contributed by atoms with Gasteiger partial charge in [0.2, 0.25) is 0 Å². The number of hydrogen-bond donors (Lipinski definition) is 0. The van der Waals surface area contributed by atoms with E-state index in [2.05, 4.69) is 0 Å². The van der Waals surface area contributed by atoms with Crippen LogP contribution in [0.5, 0.6) is 0 Å². The molecular formula is C13H13ClN2O4S. The topological polar surface area (TPSA) is 74.8 Å². The smallest absolute Gasteiger partial charge is 0.291 e. The molecule has 1 aromatic heterocycles. The van der Waals surface area contributed by atoms with Crippen LogP contribution in [-0.4, -0.2) is 46.5 Å². The molecule has 0 atom stereocenters. The zero-order chi connectivity index (χ0) is 15.7. The standard InChI is InChI=1S/C13H13ClN2O4S/c1-7(2)5-15-11(18)12(19)16(13(15)20)6-8(17)9-3-4-10(14)21-9/h3-4,7H,5-6H2,1-2H3. The van der Waals surface area contributed by atoms with Crippen LogP contribution in [0, 0.1) is 5.92 Å². The molecule has 1 aliphatic heterocycles. The summed E-state index contributed by atoms with van der Waals surface area (Å²) in [4.78, 5) is 49.6. The van der Waals surface area contributed by atoms with E-state index >= 15 is 0 Å². The molecule has 1 saturated heterocycles. The lowest BCUT2D eigenvalue weighted by Crippen LogP contribution is -2.38. The van der Waals surface area contributed by atoms with Gasteiger partial charge >= 0.3 is 17.8 Å². The third kappa shape index (κ3) is 3.14. The van der Waals surface area contributed by atoms with Gasteiger partial charge in [-0.1, -0.05) is 25.4 Å². The summed E-state index contributed by atoms with van der Waals surface area (Å²) in [6, 6.07) is 2.34. The number of nitrogens with zero attached hydrogens (tertiary/aromatic N) is 2. The highest BCUT2D eigenvalue weighted by molar-refractivity contribution is 7.18. The van der Waals surface area contributed by atoms with Gasteiger partial charge in [-0.25, -0.2) is 9.69 Å². The van der Waals surface area contributed by atoms with Gasteiger partial charge in [0.05, 0.1) is 15.8 Å².